The SMILES string of the molecule is CC(C)OC(=O)CCCCCC[C@H]1C(=O)C=C[C@@H]1CCO.CCCCCCCC. The van der Waals surface area contributed by atoms with Crippen LogP contribution in [0.1, 0.15) is 111 Å². The van der Waals surface area contributed by atoms with Gasteiger partial charge < -0.3 is 9.84 Å². The van der Waals surface area contributed by atoms with Crippen LogP contribution in [0.3, 0.4) is 0 Å². The van der Waals surface area contributed by atoms with Crippen molar-refractivity contribution in [2.75, 3.05) is 6.61 Å². The molecule has 1 rings (SSSR count). The maximum absolute atomic E-state index is 11.7. The number of carbonyl (C=O) groups is 2. The minimum Gasteiger partial charge on any atom is -0.463 e. The Labute approximate surface area is 179 Å². The number of esters is 1. The molecule has 0 unspecified atom stereocenters. The molecule has 0 aromatic rings. The number of unbranched alkanes of at least 4 members (excludes halogenated alkanes) is 8. The average molecular weight is 411 g/mol. The third-order valence-electron chi connectivity index (χ3n) is 5.32. The van der Waals surface area contributed by atoms with Gasteiger partial charge in [-0.05, 0) is 45.1 Å². The Hall–Kier alpha value is -1.16. The number of ether oxygens (including phenoxy) is 1. The highest BCUT2D eigenvalue weighted by atomic mass is 16.5. The molecule has 0 fully saturated rings. The first-order chi connectivity index (χ1) is 14.0. The standard InChI is InChI=1S/C17H28O4.C8H18/c1-13(2)21-17(20)8-6-4-3-5-7-15-14(11-12-18)9-10-16(15)19;1-3-5-7-8-6-4-2/h9-10,13-15,18H,3-8,11-12H2,1-2H3;3-8H2,1-2H3/t14-,15-;/m1./s1. The molecule has 0 radical (unpaired) electrons. The van der Waals surface area contributed by atoms with Crippen molar-refractivity contribution in [3.8, 4) is 0 Å². The number of carbonyl (C=O) groups excluding carboxylic acids is 2. The molecule has 0 aromatic carbocycles. The Morgan fingerprint density at radius 1 is 0.966 bits per heavy atom. The lowest BCUT2D eigenvalue weighted by Crippen LogP contribution is -2.17. The van der Waals surface area contributed by atoms with E-state index in [1.54, 1.807) is 6.08 Å². The molecule has 0 amide bonds. The first kappa shape index (κ1) is 27.8. The zero-order chi connectivity index (χ0) is 21.9. The summed E-state index contributed by atoms with van der Waals surface area (Å²) < 4.78 is 5.08. The molecule has 170 valence electrons. The number of aliphatic hydroxyl groups is 1. The summed E-state index contributed by atoms with van der Waals surface area (Å²) >= 11 is 0. The summed E-state index contributed by atoms with van der Waals surface area (Å²) in [6, 6.07) is 0. The smallest absolute Gasteiger partial charge is 0.306 e. The van der Waals surface area contributed by atoms with Crippen molar-refractivity contribution in [3.63, 3.8) is 0 Å². The minimum atomic E-state index is -0.122. The normalized spacial score (nSPS) is 18.1. The molecule has 0 aliphatic heterocycles. The third-order valence-corrected chi connectivity index (χ3v) is 5.32. The molecule has 0 spiro atoms. The fraction of sp³-hybridized carbons (Fsp3) is 0.840. The van der Waals surface area contributed by atoms with Gasteiger partial charge in [0, 0.05) is 18.9 Å². The van der Waals surface area contributed by atoms with Gasteiger partial charge in [-0.2, -0.15) is 0 Å². The maximum atomic E-state index is 11.7. The molecular formula is C25H46O4. The Balaban J connectivity index is 0.000000828. The molecule has 0 heterocycles. The molecule has 0 aromatic heterocycles. The van der Waals surface area contributed by atoms with Crippen LogP contribution in [0.15, 0.2) is 12.2 Å². The lowest BCUT2D eigenvalue weighted by molar-refractivity contribution is -0.147. The van der Waals surface area contributed by atoms with Gasteiger partial charge in [0.25, 0.3) is 0 Å². The van der Waals surface area contributed by atoms with Crippen LogP contribution in [0.25, 0.3) is 0 Å². The Morgan fingerprint density at radius 3 is 2.10 bits per heavy atom. The number of ketones is 1. The molecule has 0 saturated carbocycles. The van der Waals surface area contributed by atoms with Crippen molar-refractivity contribution in [2.45, 2.75) is 117 Å². The quantitative estimate of drug-likeness (QED) is 0.251. The highest BCUT2D eigenvalue weighted by molar-refractivity contribution is 5.94. The van der Waals surface area contributed by atoms with Crippen LogP contribution in [-0.2, 0) is 14.3 Å². The number of hydrogen-bond donors (Lipinski definition) is 1. The average Bonchev–Trinajstić information content (AvgIpc) is 3.02. The van der Waals surface area contributed by atoms with Crippen molar-refractivity contribution in [1.82, 2.24) is 0 Å². The highest BCUT2D eigenvalue weighted by Crippen LogP contribution is 2.29. The zero-order valence-electron chi connectivity index (χ0n) is 19.5. The van der Waals surface area contributed by atoms with E-state index in [-0.39, 0.29) is 36.3 Å². The van der Waals surface area contributed by atoms with E-state index < -0.39 is 0 Å². The van der Waals surface area contributed by atoms with Crippen molar-refractivity contribution < 1.29 is 19.4 Å². The van der Waals surface area contributed by atoms with Gasteiger partial charge in [0.2, 0.25) is 0 Å². The number of allylic oxidation sites excluding steroid dienone is 2. The fourth-order valence-corrected chi connectivity index (χ4v) is 3.65. The van der Waals surface area contributed by atoms with E-state index in [9.17, 15) is 9.59 Å². The van der Waals surface area contributed by atoms with E-state index in [4.69, 9.17) is 9.84 Å². The molecule has 29 heavy (non-hydrogen) atoms. The van der Waals surface area contributed by atoms with Crippen LogP contribution in [0.4, 0.5) is 0 Å². The number of rotatable bonds is 15. The van der Waals surface area contributed by atoms with Crippen molar-refractivity contribution in [1.29, 1.82) is 0 Å². The zero-order valence-corrected chi connectivity index (χ0v) is 19.5. The van der Waals surface area contributed by atoms with Crippen molar-refractivity contribution >= 4 is 11.8 Å². The first-order valence-corrected chi connectivity index (χ1v) is 12.0. The van der Waals surface area contributed by atoms with Crippen LogP contribution in [0, 0.1) is 11.8 Å². The van der Waals surface area contributed by atoms with Crippen LogP contribution >= 0.6 is 0 Å². The molecule has 0 saturated heterocycles. The van der Waals surface area contributed by atoms with E-state index >= 15 is 0 Å². The number of hydrogen-bond acceptors (Lipinski definition) is 4. The second-order valence-electron chi connectivity index (χ2n) is 8.45. The molecule has 4 nitrogen and oxygen atoms in total. The van der Waals surface area contributed by atoms with Gasteiger partial charge in [0.1, 0.15) is 0 Å². The topological polar surface area (TPSA) is 63.6 Å². The summed E-state index contributed by atoms with van der Waals surface area (Å²) in [5.74, 6) is 0.351. The van der Waals surface area contributed by atoms with Gasteiger partial charge >= 0.3 is 5.97 Å². The third kappa shape index (κ3) is 15.4. The van der Waals surface area contributed by atoms with E-state index in [1.165, 1.54) is 38.5 Å². The molecule has 1 N–H and O–H groups in total. The van der Waals surface area contributed by atoms with Gasteiger partial charge in [-0.1, -0.05) is 77.7 Å². The molecule has 1 aliphatic rings. The van der Waals surface area contributed by atoms with Crippen LogP contribution in [0.5, 0.6) is 0 Å². The van der Waals surface area contributed by atoms with E-state index in [0.29, 0.717) is 12.8 Å². The summed E-state index contributed by atoms with van der Waals surface area (Å²) in [7, 11) is 0. The summed E-state index contributed by atoms with van der Waals surface area (Å²) in [4.78, 5) is 23.1. The second kappa shape index (κ2) is 18.8. The minimum absolute atomic E-state index is 0.0400. The summed E-state index contributed by atoms with van der Waals surface area (Å²) in [5, 5.41) is 9.00. The van der Waals surface area contributed by atoms with Gasteiger partial charge in [-0.3, -0.25) is 9.59 Å². The lowest BCUT2D eigenvalue weighted by atomic mass is 9.87. The maximum Gasteiger partial charge on any atom is 0.306 e. The van der Waals surface area contributed by atoms with Gasteiger partial charge in [0.05, 0.1) is 6.10 Å². The monoisotopic (exact) mass is 410 g/mol. The largest absolute Gasteiger partial charge is 0.463 e. The van der Waals surface area contributed by atoms with Crippen LogP contribution in [0.2, 0.25) is 0 Å². The van der Waals surface area contributed by atoms with E-state index in [1.807, 2.05) is 19.9 Å². The summed E-state index contributed by atoms with van der Waals surface area (Å²) in [6.45, 7) is 8.36. The molecule has 1 aliphatic carbocycles. The molecule has 2 atom stereocenters. The predicted octanol–water partition coefficient (Wildman–Crippen LogP) is 6.40. The Kier molecular flexibility index (Phi) is 18.1. The summed E-state index contributed by atoms with van der Waals surface area (Å²) in [5.41, 5.74) is 0. The first-order valence-electron chi connectivity index (χ1n) is 12.0. The van der Waals surface area contributed by atoms with Crippen LogP contribution < -0.4 is 0 Å². The molecule has 0 bridgehead atoms. The van der Waals surface area contributed by atoms with Crippen molar-refractivity contribution in [2.24, 2.45) is 11.8 Å². The van der Waals surface area contributed by atoms with Gasteiger partial charge in [-0.25, -0.2) is 0 Å². The number of aliphatic hydroxyl groups excluding tert-OH is 1. The van der Waals surface area contributed by atoms with Gasteiger partial charge in [0.15, 0.2) is 5.78 Å². The van der Waals surface area contributed by atoms with E-state index in [0.717, 1.165) is 32.1 Å². The fourth-order valence-electron chi connectivity index (χ4n) is 3.65. The lowest BCUT2D eigenvalue weighted by Gasteiger charge is -2.16. The molecule has 4 heteroatoms. The Morgan fingerprint density at radius 2 is 1.55 bits per heavy atom. The van der Waals surface area contributed by atoms with Crippen molar-refractivity contribution in [3.05, 3.63) is 12.2 Å². The second-order valence-corrected chi connectivity index (χ2v) is 8.45. The Bertz CT molecular complexity index is 436. The van der Waals surface area contributed by atoms with Crippen LogP contribution in [-0.4, -0.2) is 29.6 Å². The van der Waals surface area contributed by atoms with Gasteiger partial charge in [-0.15, -0.1) is 0 Å². The molecular weight excluding hydrogens is 364 g/mol. The highest BCUT2D eigenvalue weighted by Gasteiger charge is 2.28. The predicted molar refractivity (Wildman–Crippen MR) is 121 cm³/mol. The van der Waals surface area contributed by atoms with E-state index in [2.05, 4.69) is 13.8 Å². The summed E-state index contributed by atoms with van der Waals surface area (Å²) in [6.07, 6.45) is 18.0.